The number of benzene rings is 1. The number of esters is 1. The fourth-order valence-electron chi connectivity index (χ4n) is 6.83. The molecule has 280 valence electrons. The van der Waals surface area contributed by atoms with Crippen LogP contribution in [0.4, 0.5) is 5.69 Å². The minimum atomic E-state index is -1.26. The standard InChI is InChI=1S/C40H59N5O5S/c1-10-45-36-16-15-32(49-22-12-11-17-42-51(47)39(4,5)6)24-33(36)35(25-40(7,8)27-50-29(3)46)38(45)34-23-31(26-41-37(34)28(2)48-9)44-20-18-43(19-21-44)30-13-14-30/h15-17,23-24,26,28,30H,10-14,18-22,25,27H2,1-9H3/b42-17+/t28-,51?/m0/s1. The van der Waals surface area contributed by atoms with Crippen molar-refractivity contribution in [3.8, 4) is 17.0 Å². The molecule has 1 saturated heterocycles. The van der Waals surface area contributed by atoms with E-state index in [0.717, 1.165) is 84.5 Å². The van der Waals surface area contributed by atoms with Gasteiger partial charge < -0.3 is 23.7 Å². The molecule has 5 rings (SSSR count). The van der Waals surface area contributed by atoms with Crippen LogP contribution in [0.1, 0.15) is 98.4 Å². The van der Waals surface area contributed by atoms with Crippen LogP contribution in [0.5, 0.6) is 5.75 Å². The Kier molecular flexibility index (Phi) is 12.7. The van der Waals surface area contributed by atoms with Gasteiger partial charge in [0.25, 0.3) is 0 Å². The highest BCUT2D eigenvalue weighted by molar-refractivity contribution is 7.85. The van der Waals surface area contributed by atoms with E-state index in [4.69, 9.17) is 19.2 Å². The van der Waals surface area contributed by atoms with Crippen molar-refractivity contribution in [3.63, 3.8) is 0 Å². The second-order valence-corrected chi connectivity index (χ2v) is 17.7. The number of rotatable bonds is 16. The molecule has 0 radical (unpaired) electrons. The van der Waals surface area contributed by atoms with Crippen molar-refractivity contribution in [3.05, 3.63) is 41.7 Å². The number of aromatic nitrogens is 2. The summed E-state index contributed by atoms with van der Waals surface area (Å²) in [4.78, 5) is 22.1. The highest BCUT2D eigenvalue weighted by atomic mass is 32.2. The highest BCUT2D eigenvalue weighted by Crippen LogP contribution is 2.43. The Balaban J connectivity index is 1.53. The monoisotopic (exact) mass is 721 g/mol. The zero-order chi connectivity index (χ0) is 36.9. The van der Waals surface area contributed by atoms with E-state index in [1.54, 1.807) is 13.3 Å². The Hall–Kier alpha value is -3.28. The van der Waals surface area contributed by atoms with Gasteiger partial charge in [0.1, 0.15) is 16.7 Å². The molecule has 2 aromatic heterocycles. The van der Waals surface area contributed by atoms with Crippen molar-refractivity contribution in [1.29, 1.82) is 0 Å². The first-order valence-electron chi connectivity index (χ1n) is 18.6. The van der Waals surface area contributed by atoms with E-state index in [-0.39, 0.29) is 22.2 Å². The van der Waals surface area contributed by atoms with Crippen LogP contribution in [-0.4, -0.2) is 88.1 Å². The van der Waals surface area contributed by atoms with Crippen molar-refractivity contribution < 1.29 is 23.2 Å². The summed E-state index contributed by atoms with van der Waals surface area (Å²) < 4.78 is 36.3. The van der Waals surface area contributed by atoms with Gasteiger partial charge in [0.2, 0.25) is 0 Å². The molecule has 2 aliphatic rings. The van der Waals surface area contributed by atoms with E-state index in [9.17, 15) is 9.00 Å². The predicted molar refractivity (Wildman–Crippen MR) is 208 cm³/mol. The molecule has 0 amide bonds. The van der Waals surface area contributed by atoms with Gasteiger partial charge in [-0.15, -0.1) is 0 Å². The summed E-state index contributed by atoms with van der Waals surface area (Å²) >= 11 is 0. The molecule has 0 bridgehead atoms. The molecule has 3 heterocycles. The Morgan fingerprint density at radius 1 is 1.12 bits per heavy atom. The fourth-order valence-corrected chi connectivity index (χ4v) is 7.38. The van der Waals surface area contributed by atoms with Crippen LogP contribution in [0.25, 0.3) is 22.2 Å². The maximum atomic E-state index is 12.3. The fraction of sp³-hybridized carbons (Fsp3) is 0.625. The molecule has 11 heteroatoms. The molecular weight excluding hydrogens is 663 g/mol. The summed E-state index contributed by atoms with van der Waals surface area (Å²) in [5.41, 5.74) is 6.17. The normalized spacial score (nSPS) is 17.3. The molecule has 1 aromatic carbocycles. The van der Waals surface area contributed by atoms with Gasteiger partial charge in [-0.3, -0.25) is 14.7 Å². The highest BCUT2D eigenvalue weighted by Gasteiger charge is 2.33. The van der Waals surface area contributed by atoms with Crippen LogP contribution < -0.4 is 9.64 Å². The molecule has 10 nitrogen and oxygen atoms in total. The number of methoxy groups -OCH3 is 1. The molecule has 1 aliphatic carbocycles. The largest absolute Gasteiger partial charge is 0.494 e. The van der Waals surface area contributed by atoms with E-state index in [1.165, 1.54) is 25.3 Å². The number of aryl methyl sites for hydroxylation is 1. The van der Waals surface area contributed by atoms with Crippen molar-refractivity contribution in [2.45, 2.75) is 111 Å². The number of hydrogen-bond acceptors (Lipinski definition) is 8. The molecule has 0 spiro atoms. The van der Waals surface area contributed by atoms with E-state index < -0.39 is 11.0 Å². The van der Waals surface area contributed by atoms with Crippen LogP contribution >= 0.6 is 0 Å². The van der Waals surface area contributed by atoms with E-state index >= 15 is 0 Å². The lowest BCUT2D eigenvalue weighted by Gasteiger charge is -2.36. The van der Waals surface area contributed by atoms with Crippen molar-refractivity contribution >= 4 is 39.8 Å². The molecule has 2 fully saturated rings. The van der Waals surface area contributed by atoms with Gasteiger partial charge in [0, 0.05) is 80.9 Å². The second kappa shape index (κ2) is 16.6. The third-order valence-corrected chi connectivity index (χ3v) is 11.2. The number of unbranched alkanes of at least 4 members (excludes halogenated alkanes) is 1. The van der Waals surface area contributed by atoms with Gasteiger partial charge >= 0.3 is 5.97 Å². The number of ether oxygens (including phenoxy) is 3. The zero-order valence-electron chi connectivity index (χ0n) is 32.3. The second-order valence-electron chi connectivity index (χ2n) is 15.8. The number of pyridine rings is 1. The molecule has 0 N–H and O–H groups in total. The molecule has 1 unspecified atom stereocenters. The maximum Gasteiger partial charge on any atom is 0.302 e. The van der Waals surface area contributed by atoms with Gasteiger partial charge in [-0.05, 0) is 96.6 Å². The minimum absolute atomic E-state index is 0.214. The predicted octanol–water partition coefficient (Wildman–Crippen LogP) is 7.54. The first-order chi connectivity index (χ1) is 24.2. The SMILES string of the molecule is CCn1c(-c2cc(N3CCN(C4CC4)CC3)cnc2[C@H](C)OC)c(CC(C)(C)COC(C)=O)c2cc(OCCC/C=N/S(=O)C(C)(C)C)ccc21. The molecular formula is C40H59N5O5S. The quantitative estimate of drug-likeness (QED) is 0.0851. The van der Waals surface area contributed by atoms with Crippen LogP contribution in [0.3, 0.4) is 0 Å². The topological polar surface area (TPSA) is 98.5 Å². The molecule has 3 aromatic rings. The summed E-state index contributed by atoms with van der Waals surface area (Å²) in [7, 11) is 0.480. The summed E-state index contributed by atoms with van der Waals surface area (Å²) in [6.07, 6.45) is 8.34. The van der Waals surface area contributed by atoms with Crippen LogP contribution in [-0.2, 0) is 38.2 Å². The summed E-state index contributed by atoms with van der Waals surface area (Å²) in [5, 5.41) is 1.11. The van der Waals surface area contributed by atoms with Gasteiger partial charge in [-0.25, -0.2) is 4.21 Å². The van der Waals surface area contributed by atoms with Crippen LogP contribution in [0.15, 0.2) is 34.9 Å². The molecule has 51 heavy (non-hydrogen) atoms. The average Bonchev–Trinajstić information content (AvgIpc) is 3.91. The number of fused-ring (bicyclic) bond motifs is 1. The smallest absolute Gasteiger partial charge is 0.302 e. The summed E-state index contributed by atoms with van der Waals surface area (Å²) in [6.45, 7) is 21.5. The number of hydrogen-bond donors (Lipinski definition) is 0. The lowest BCUT2D eigenvalue weighted by atomic mass is 9.84. The maximum absolute atomic E-state index is 12.3. The molecule has 1 aliphatic heterocycles. The number of carbonyl (C=O) groups is 1. The van der Waals surface area contributed by atoms with Crippen molar-refractivity contribution in [2.24, 2.45) is 9.81 Å². The third kappa shape index (κ3) is 9.78. The third-order valence-electron chi connectivity index (χ3n) is 9.86. The Labute approximate surface area is 307 Å². The van der Waals surface area contributed by atoms with E-state index in [0.29, 0.717) is 26.1 Å². The first-order valence-corrected chi connectivity index (χ1v) is 19.7. The number of piperazine rings is 1. The van der Waals surface area contributed by atoms with Gasteiger partial charge in [-0.1, -0.05) is 13.8 Å². The summed E-state index contributed by atoms with van der Waals surface area (Å²) in [6, 6.07) is 9.44. The van der Waals surface area contributed by atoms with Crippen molar-refractivity contribution in [2.75, 3.05) is 51.4 Å². The van der Waals surface area contributed by atoms with E-state index in [2.05, 4.69) is 64.7 Å². The van der Waals surface area contributed by atoms with Gasteiger partial charge in [-0.2, -0.15) is 4.40 Å². The first kappa shape index (κ1) is 38.9. The Morgan fingerprint density at radius 2 is 1.84 bits per heavy atom. The Bertz CT molecular complexity index is 1720. The Morgan fingerprint density at radius 3 is 2.47 bits per heavy atom. The van der Waals surface area contributed by atoms with Gasteiger partial charge in [0.05, 0.1) is 47.3 Å². The van der Waals surface area contributed by atoms with Crippen LogP contribution in [0, 0.1) is 5.41 Å². The van der Waals surface area contributed by atoms with Crippen molar-refractivity contribution in [1.82, 2.24) is 14.5 Å². The lowest BCUT2D eigenvalue weighted by Crippen LogP contribution is -2.47. The number of anilines is 1. The average molecular weight is 722 g/mol. The van der Waals surface area contributed by atoms with Gasteiger partial charge in [0.15, 0.2) is 0 Å². The van der Waals surface area contributed by atoms with E-state index in [1.807, 2.05) is 33.0 Å². The van der Waals surface area contributed by atoms with Crippen LogP contribution in [0.2, 0.25) is 0 Å². The molecule has 1 saturated carbocycles. The molecule has 2 atom stereocenters. The minimum Gasteiger partial charge on any atom is -0.494 e. The zero-order valence-corrected chi connectivity index (χ0v) is 33.1. The summed E-state index contributed by atoms with van der Waals surface area (Å²) in [5.74, 6) is 0.516. The lowest BCUT2D eigenvalue weighted by molar-refractivity contribution is -0.143. The number of nitrogens with zero attached hydrogens (tertiary/aromatic N) is 5. The number of carbonyl (C=O) groups excluding carboxylic acids is 1.